The minimum Gasteiger partial charge on any atom is -0.351 e. The average Bonchev–Trinajstić information content (AvgIpc) is 2.91. The number of fused-ring (bicyclic) bond motifs is 1. The molecule has 1 aromatic heterocycles. The molecule has 1 aliphatic rings. The maximum Gasteiger partial charge on any atom is 0.534 e. The molecule has 0 N–H and O–H groups in total. The average molecular weight is 361 g/mol. The van der Waals surface area contributed by atoms with E-state index < -0.39 is 21.5 Å². The molecule has 2 aromatic rings. The van der Waals surface area contributed by atoms with E-state index in [9.17, 15) is 21.6 Å². The molecule has 2 heterocycles. The molecule has 0 spiro atoms. The Morgan fingerprint density at radius 3 is 2.38 bits per heavy atom. The van der Waals surface area contributed by atoms with Crippen LogP contribution in [0, 0.1) is 0 Å². The van der Waals surface area contributed by atoms with Crippen LogP contribution in [0.15, 0.2) is 24.3 Å². The highest BCUT2D eigenvalue weighted by Crippen LogP contribution is 2.35. The first-order valence-electron chi connectivity index (χ1n) is 7.23. The summed E-state index contributed by atoms with van der Waals surface area (Å²) in [5.74, 6) is -0.647. The molecule has 1 unspecified atom stereocenters. The van der Waals surface area contributed by atoms with Gasteiger partial charge in [-0.1, -0.05) is 12.1 Å². The molecule has 130 valence electrons. The number of hydrogen-bond acceptors (Lipinski definition) is 6. The third-order valence-electron chi connectivity index (χ3n) is 3.82. The second-order valence-corrected chi connectivity index (χ2v) is 7.05. The SMILES string of the molecule is CC1CCCN1c1nc2ccccc2nc1OS(=O)(=O)C(F)(F)F. The lowest BCUT2D eigenvalue weighted by molar-refractivity contribution is -0.0501. The second kappa shape index (κ2) is 5.76. The Bertz CT molecular complexity index is 870. The normalized spacial score (nSPS) is 19.0. The third kappa shape index (κ3) is 2.97. The molecule has 0 saturated carbocycles. The number of halogens is 3. The number of nitrogens with zero attached hydrogens (tertiary/aromatic N) is 3. The molecule has 6 nitrogen and oxygen atoms in total. The summed E-state index contributed by atoms with van der Waals surface area (Å²) in [6.45, 7) is 2.42. The molecular weight excluding hydrogens is 347 g/mol. The zero-order chi connectivity index (χ0) is 17.5. The standard InChI is InChI=1S/C14H14F3N3O3S/c1-9-5-4-8-20(9)12-13(23-24(21,22)14(15,16)17)19-11-7-3-2-6-10(11)18-12/h2-3,6-7,9H,4-5,8H2,1H3. The smallest absolute Gasteiger partial charge is 0.351 e. The Hall–Kier alpha value is -2.10. The van der Waals surface area contributed by atoms with E-state index >= 15 is 0 Å². The Balaban J connectivity index is 2.14. The van der Waals surface area contributed by atoms with E-state index in [4.69, 9.17) is 0 Å². The molecule has 10 heteroatoms. The molecule has 1 aliphatic heterocycles. The van der Waals surface area contributed by atoms with Gasteiger partial charge in [0, 0.05) is 12.6 Å². The first kappa shape index (κ1) is 16.7. The van der Waals surface area contributed by atoms with Crippen molar-refractivity contribution in [1.82, 2.24) is 9.97 Å². The van der Waals surface area contributed by atoms with Gasteiger partial charge in [0.05, 0.1) is 11.0 Å². The molecular formula is C14H14F3N3O3S. The van der Waals surface area contributed by atoms with Crippen LogP contribution in [-0.4, -0.2) is 36.5 Å². The van der Waals surface area contributed by atoms with E-state index in [1.165, 1.54) is 6.07 Å². The van der Waals surface area contributed by atoms with Crippen molar-refractivity contribution in [3.05, 3.63) is 24.3 Å². The minimum absolute atomic E-state index is 0.00333. The third-order valence-corrected chi connectivity index (χ3v) is 4.76. The predicted octanol–water partition coefficient (Wildman–Crippen LogP) is 2.85. The van der Waals surface area contributed by atoms with Gasteiger partial charge in [0.2, 0.25) is 0 Å². The summed E-state index contributed by atoms with van der Waals surface area (Å²) in [6.07, 6.45) is 1.64. The van der Waals surface area contributed by atoms with Gasteiger partial charge in [0.1, 0.15) is 0 Å². The van der Waals surface area contributed by atoms with Crippen LogP contribution >= 0.6 is 0 Å². The summed E-state index contributed by atoms with van der Waals surface area (Å²) in [7, 11) is -5.82. The lowest BCUT2D eigenvalue weighted by Gasteiger charge is -2.24. The fourth-order valence-corrected chi connectivity index (χ4v) is 3.03. The molecule has 1 saturated heterocycles. The fraction of sp³-hybridized carbons (Fsp3) is 0.429. The lowest BCUT2D eigenvalue weighted by atomic mass is 10.2. The van der Waals surface area contributed by atoms with Crippen LogP contribution in [0.25, 0.3) is 11.0 Å². The number of aromatic nitrogens is 2. The van der Waals surface area contributed by atoms with E-state index in [0.29, 0.717) is 12.1 Å². The van der Waals surface area contributed by atoms with Crippen LogP contribution in [0.5, 0.6) is 5.88 Å². The molecule has 0 radical (unpaired) electrons. The Labute approximate surface area is 136 Å². The van der Waals surface area contributed by atoms with Crippen LogP contribution in [0.1, 0.15) is 19.8 Å². The van der Waals surface area contributed by atoms with Crippen LogP contribution in [0.3, 0.4) is 0 Å². The van der Waals surface area contributed by atoms with Gasteiger partial charge in [-0.2, -0.15) is 21.6 Å². The largest absolute Gasteiger partial charge is 0.534 e. The summed E-state index contributed by atoms with van der Waals surface area (Å²) in [5, 5.41) is 0. The van der Waals surface area contributed by atoms with Crippen LogP contribution in [0.4, 0.5) is 19.0 Å². The quantitative estimate of drug-likeness (QED) is 0.618. The molecule has 1 aromatic carbocycles. The fourth-order valence-electron chi connectivity index (χ4n) is 2.62. The number of hydrogen-bond donors (Lipinski definition) is 0. The Morgan fingerprint density at radius 1 is 1.21 bits per heavy atom. The summed E-state index contributed by atoms with van der Waals surface area (Å²) in [6, 6.07) is 6.50. The highest BCUT2D eigenvalue weighted by atomic mass is 32.2. The van der Waals surface area contributed by atoms with Crippen LogP contribution in [0.2, 0.25) is 0 Å². The summed E-state index contributed by atoms with van der Waals surface area (Å²) < 4.78 is 65.0. The molecule has 1 atom stereocenters. The van der Waals surface area contributed by atoms with Crippen LogP contribution < -0.4 is 9.08 Å². The van der Waals surface area contributed by atoms with Crippen molar-refractivity contribution in [2.45, 2.75) is 31.3 Å². The number of para-hydroxylation sites is 2. The molecule has 0 amide bonds. The van der Waals surface area contributed by atoms with Crippen LogP contribution in [-0.2, 0) is 10.1 Å². The highest BCUT2D eigenvalue weighted by molar-refractivity contribution is 7.88. The van der Waals surface area contributed by atoms with Gasteiger partial charge in [-0.3, -0.25) is 0 Å². The summed E-state index contributed by atoms with van der Waals surface area (Å²) >= 11 is 0. The van der Waals surface area contributed by atoms with E-state index in [-0.39, 0.29) is 17.4 Å². The molecule has 3 rings (SSSR count). The zero-order valence-corrected chi connectivity index (χ0v) is 13.4. The molecule has 24 heavy (non-hydrogen) atoms. The highest BCUT2D eigenvalue weighted by Gasteiger charge is 2.49. The monoisotopic (exact) mass is 361 g/mol. The van der Waals surface area contributed by atoms with E-state index in [1.54, 1.807) is 23.1 Å². The maximum atomic E-state index is 12.6. The Morgan fingerprint density at radius 2 is 1.83 bits per heavy atom. The number of rotatable bonds is 3. The van der Waals surface area contributed by atoms with Gasteiger partial charge in [-0.25, -0.2) is 9.97 Å². The van der Waals surface area contributed by atoms with Gasteiger partial charge >= 0.3 is 15.6 Å². The minimum atomic E-state index is -5.82. The van der Waals surface area contributed by atoms with E-state index in [0.717, 1.165) is 12.8 Å². The van der Waals surface area contributed by atoms with Gasteiger partial charge in [-0.15, -0.1) is 0 Å². The van der Waals surface area contributed by atoms with E-state index in [1.807, 2.05) is 6.92 Å². The van der Waals surface area contributed by atoms with Gasteiger partial charge in [0.15, 0.2) is 5.82 Å². The molecule has 1 fully saturated rings. The predicted molar refractivity (Wildman–Crippen MR) is 81.2 cm³/mol. The zero-order valence-electron chi connectivity index (χ0n) is 12.6. The first-order valence-corrected chi connectivity index (χ1v) is 8.64. The van der Waals surface area contributed by atoms with Gasteiger partial charge in [0.25, 0.3) is 5.88 Å². The van der Waals surface area contributed by atoms with Crippen molar-refractivity contribution in [2.75, 3.05) is 11.4 Å². The topological polar surface area (TPSA) is 72.4 Å². The van der Waals surface area contributed by atoms with Crippen molar-refractivity contribution in [2.24, 2.45) is 0 Å². The Kier molecular flexibility index (Phi) is 4.02. The second-order valence-electron chi connectivity index (χ2n) is 5.51. The molecule has 0 bridgehead atoms. The number of benzene rings is 1. The van der Waals surface area contributed by atoms with Crippen molar-refractivity contribution in [1.29, 1.82) is 0 Å². The van der Waals surface area contributed by atoms with E-state index in [2.05, 4.69) is 14.2 Å². The summed E-state index contributed by atoms with van der Waals surface area (Å²) in [5.41, 5.74) is -4.84. The maximum absolute atomic E-state index is 12.6. The van der Waals surface area contributed by atoms with Crippen molar-refractivity contribution in [3.63, 3.8) is 0 Å². The molecule has 0 aliphatic carbocycles. The van der Waals surface area contributed by atoms with Crippen molar-refractivity contribution < 1.29 is 25.8 Å². The van der Waals surface area contributed by atoms with Gasteiger partial charge in [-0.05, 0) is 31.9 Å². The van der Waals surface area contributed by atoms with Crippen molar-refractivity contribution in [3.8, 4) is 5.88 Å². The van der Waals surface area contributed by atoms with Crippen molar-refractivity contribution >= 4 is 27.0 Å². The number of alkyl halides is 3. The number of anilines is 1. The lowest BCUT2D eigenvalue weighted by Crippen LogP contribution is -2.31. The first-order chi connectivity index (χ1) is 11.2. The van der Waals surface area contributed by atoms with Gasteiger partial charge < -0.3 is 9.08 Å². The summed E-state index contributed by atoms with van der Waals surface area (Å²) in [4.78, 5) is 9.94.